The molecule has 1 fully saturated rings. The molecule has 0 bridgehead atoms. The number of benzene rings is 2. The Hall–Kier alpha value is -2.62. The highest BCUT2D eigenvalue weighted by atomic mass is 32.2. The van der Waals surface area contributed by atoms with Gasteiger partial charge in [-0.15, -0.1) is 0 Å². The fourth-order valence-corrected chi connectivity index (χ4v) is 5.06. The van der Waals surface area contributed by atoms with Gasteiger partial charge in [0.2, 0.25) is 15.9 Å². The topological polar surface area (TPSA) is 92.8 Å². The van der Waals surface area contributed by atoms with Crippen LogP contribution in [0.25, 0.3) is 11.1 Å². The van der Waals surface area contributed by atoms with E-state index in [0.29, 0.717) is 17.7 Å². The number of methoxy groups -OCH3 is 1. The van der Waals surface area contributed by atoms with Gasteiger partial charge in [0.15, 0.2) is 5.78 Å². The van der Waals surface area contributed by atoms with Gasteiger partial charge < -0.3 is 9.64 Å². The van der Waals surface area contributed by atoms with Crippen molar-refractivity contribution in [2.75, 3.05) is 33.4 Å². The fraction of sp³-hybridized carbons (Fsp3) is 0.391. The zero-order chi connectivity index (χ0) is 23.3. The van der Waals surface area contributed by atoms with Crippen LogP contribution in [0.4, 0.5) is 4.39 Å². The number of aryl methyl sites for hydroxylation is 1. The van der Waals surface area contributed by atoms with Crippen molar-refractivity contribution in [3.05, 3.63) is 59.4 Å². The Bertz CT molecular complexity index is 1090. The van der Waals surface area contributed by atoms with Crippen molar-refractivity contribution in [1.29, 1.82) is 0 Å². The summed E-state index contributed by atoms with van der Waals surface area (Å²) in [6, 6.07) is 12.3. The van der Waals surface area contributed by atoms with Gasteiger partial charge >= 0.3 is 0 Å². The van der Waals surface area contributed by atoms with Gasteiger partial charge in [-0.2, -0.15) is 0 Å². The zero-order valence-electron chi connectivity index (χ0n) is 18.1. The van der Waals surface area contributed by atoms with Gasteiger partial charge in [-0.1, -0.05) is 30.3 Å². The van der Waals surface area contributed by atoms with E-state index in [1.165, 1.54) is 18.1 Å². The Morgan fingerprint density at radius 1 is 1.19 bits per heavy atom. The Balaban J connectivity index is 1.68. The fourth-order valence-electron chi connectivity index (χ4n) is 3.70. The molecule has 0 saturated carbocycles. The number of Topliss-reactive ketones (excluding diaryl/α,β-unsaturated/α-hetero) is 1. The van der Waals surface area contributed by atoms with E-state index in [4.69, 9.17) is 4.74 Å². The molecule has 32 heavy (non-hydrogen) atoms. The molecule has 1 N–H and O–H groups in total. The highest BCUT2D eigenvalue weighted by Crippen LogP contribution is 2.25. The number of sulfonamides is 1. The van der Waals surface area contributed by atoms with Gasteiger partial charge in [0.05, 0.1) is 30.4 Å². The number of rotatable bonds is 9. The van der Waals surface area contributed by atoms with Crippen LogP contribution in [0.1, 0.15) is 28.8 Å². The van der Waals surface area contributed by atoms with Crippen LogP contribution < -0.4 is 4.72 Å². The van der Waals surface area contributed by atoms with Crippen LogP contribution >= 0.6 is 0 Å². The smallest absolute Gasteiger partial charge is 0.224 e. The number of nitrogens with zero attached hydrogens (tertiary/aromatic N) is 1. The summed E-state index contributed by atoms with van der Waals surface area (Å²) < 4.78 is 47.2. The van der Waals surface area contributed by atoms with Crippen LogP contribution in [0.15, 0.2) is 42.5 Å². The normalized spacial score (nSPS) is 16.3. The quantitative estimate of drug-likeness (QED) is 0.578. The van der Waals surface area contributed by atoms with Gasteiger partial charge in [0.1, 0.15) is 5.82 Å². The summed E-state index contributed by atoms with van der Waals surface area (Å²) in [6.45, 7) is 1.67. The van der Waals surface area contributed by atoms with E-state index < -0.39 is 33.4 Å². The van der Waals surface area contributed by atoms with Gasteiger partial charge in [-0.05, 0) is 42.2 Å². The average molecular weight is 463 g/mol. The van der Waals surface area contributed by atoms with Crippen molar-refractivity contribution in [3.63, 3.8) is 0 Å². The zero-order valence-corrected chi connectivity index (χ0v) is 19.0. The summed E-state index contributed by atoms with van der Waals surface area (Å²) in [5.74, 6) is -1.49. The minimum atomic E-state index is -3.85. The third-order valence-electron chi connectivity index (χ3n) is 5.55. The lowest BCUT2D eigenvalue weighted by molar-refractivity contribution is -0.131. The highest BCUT2D eigenvalue weighted by Gasteiger charge is 2.35. The number of hydrogen-bond acceptors (Lipinski definition) is 5. The summed E-state index contributed by atoms with van der Waals surface area (Å²) >= 11 is 0. The molecule has 1 heterocycles. The number of likely N-dealkylation sites (tertiary alicyclic amines) is 1. The molecule has 3 rings (SSSR count). The summed E-state index contributed by atoms with van der Waals surface area (Å²) in [7, 11) is -2.36. The van der Waals surface area contributed by atoms with E-state index in [1.807, 2.05) is 30.3 Å². The lowest BCUT2D eigenvalue weighted by Crippen LogP contribution is -2.40. The second-order valence-electron chi connectivity index (χ2n) is 7.80. The van der Waals surface area contributed by atoms with Gasteiger partial charge in [-0.25, -0.2) is 17.5 Å². The molecule has 1 aliphatic heterocycles. The van der Waals surface area contributed by atoms with Gasteiger partial charge in [0.25, 0.3) is 0 Å². The van der Waals surface area contributed by atoms with Crippen LogP contribution in [0, 0.1) is 12.7 Å². The van der Waals surface area contributed by atoms with Crippen LogP contribution in [0.3, 0.4) is 0 Å². The number of carbonyl (C=O) groups is 2. The first-order valence-electron chi connectivity index (χ1n) is 10.4. The number of ketones is 1. The maximum atomic E-state index is 14.7. The standard InChI is InChI=1S/C23H27FN2O5S/c1-16-12-18(17-6-4-3-5-7-17)13-20(23(16)24)21(27)14-25-32(29,30)19-8-10-26(15-19)22(28)9-11-31-2/h3-7,12-13,19,25H,8-11,14-15H2,1-2H3. The second kappa shape index (κ2) is 10.3. The Morgan fingerprint density at radius 2 is 1.91 bits per heavy atom. The first-order valence-corrected chi connectivity index (χ1v) is 11.9. The average Bonchev–Trinajstić information content (AvgIpc) is 3.30. The Morgan fingerprint density at radius 3 is 2.59 bits per heavy atom. The second-order valence-corrected chi connectivity index (χ2v) is 9.85. The predicted octanol–water partition coefficient (Wildman–Crippen LogP) is 2.54. The molecule has 2 aromatic carbocycles. The molecule has 0 aromatic heterocycles. The minimum absolute atomic E-state index is 0.0586. The third-order valence-corrected chi connectivity index (χ3v) is 7.36. The SMILES string of the molecule is COCCC(=O)N1CCC(S(=O)(=O)NCC(=O)c2cc(-c3ccccc3)cc(C)c2F)C1. The third kappa shape index (κ3) is 5.59. The maximum Gasteiger partial charge on any atom is 0.224 e. The summed E-state index contributed by atoms with van der Waals surface area (Å²) in [5, 5.41) is -0.816. The predicted molar refractivity (Wildman–Crippen MR) is 119 cm³/mol. The van der Waals surface area contributed by atoms with E-state index in [2.05, 4.69) is 4.72 Å². The number of nitrogens with one attached hydrogen (secondary N) is 1. The van der Waals surface area contributed by atoms with Crippen LogP contribution in [-0.2, 0) is 19.6 Å². The van der Waals surface area contributed by atoms with Gasteiger partial charge in [-0.3, -0.25) is 9.59 Å². The molecule has 9 heteroatoms. The van der Waals surface area contributed by atoms with Crippen molar-refractivity contribution in [2.45, 2.75) is 25.0 Å². The summed E-state index contributed by atoms with van der Waals surface area (Å²) in [5.41, 5.74) is 1.65. The van der Waals surface area contributed by atoms with Crippen molar-refractivity contribution in [3.8, 4) is 11.1 Å². The number of hydrogen-bond donors (Lipinski definition) is 1. The molecule has 0 radical (unpaired) electrons. The Labute approximate surface area is 187 Å². The van der Waals surface area contributed by atoms with E-state index in [0.717, 1.165) is 5.56 Å². The monoisotopic (exact) mass is 462 g/mol. The van der Waals surface area contributed by atoms with Crippen LogP contribution in [0.5, 0.6) is 0 Å². The first-order chi connectivity index (χ1) is 15.2. The number of amides is 1. The lowest BCUT2D eigenvalue weighted by atomic mass is 9.98. The number of carbonyl (C=O) groups excluding carboxylic acids is 2. The maximum absolute atomic E-state index is 14.7. The molecule has 0 spiro atoms. The van der Waals surface area contributed by atoms with Gasteiger partial charge in [0, 0.05) is 20.2 Å². The van der Waals surface area contributed by atoms with E-state index in [9.17, 15) is 22.4 Å². The van der Waals surface area contributed by atoms with Crippen molar-refractivity contribution >= 4 is 21.7 Å². The summed E-state index contributed by atoms with van der Waals surface area (Å²) in [4.78, 5) is 26.3. The molecular weight excluding hydrogens is 435 g/mol. The molecule has 1 aliphatic rings. The molecule has 0 aliphatic carbocycles. The molecule has 7 nitrogen and oxygen atoms in total. The van der Waals surface area contributed by atoms with E-state index in [1.54, 1.807) is 13.0 Å². The van der Waals surface area contributed by atoms with Crippen molar-refractivity contribution < 1.29 is 27.1 Å². The number of ether oxygens (including phenoxy) is 1. The molecule has 1 atom stereocenters. The van der Waals surface area contributed by atoms with Crippen LogP contribution in [-0.4, -0.2) is 63.6 Å². The largest absolute Gasteiger partial charge is 0.384 e. The Kier molecular flexibility index (Phi) is 7.76. The first kappa shape index (κ1) is 24.0. The van der Waals surface area contributed by atoms with Crippen LogP contribution in [0.2, 0.25) is 0 Å². The molecule has 1 saturated heterocycles. The summed E-state index contributed by atoms with van der Waals surface area (Å²) in [6.07, 6.45) is 0.463. The molecule has 1 unspecified atom stereocenters. The number of halogens is 1. The molecule has 2 aromatic rings. The minimum Gasteiger partial charge on any atom is -0.384 e. The molecular formula is C23H27FN2O5S. The van der Waals surface area contributed by atoms with Crippen molar-refractivity contribution in [2.24, 2.45) is 0 Å². The lowest BCUT2D eigenvalue weighted by Gasteiger charge is -2.17. The molecule has 172 valence electrons. The van der Waals surface area contributed by atoms with E-state index in [-0.39, 0.29) is 37.5 Å². The van der Waals surface area contributed by atoms with Crippen molar-refractivity contribution in [1.82, 2.24) is 9.62 Å². The molecule has 1 amide bonds. The van der Waals surface area contributed by atoms with E-state index >= 15 is 0 Å². The highest BCUT2D eigenvalue weighted by molar-refractivity contribution is 7.90.